The number of nitrogens with zero attached hydrogens (tertiary/aromatic N) is 2. The largest absolute Gasteiger partial charge is 0.305 e. The van der Waals surface area contributed by atoms with Crippen LogP contribution in [0.2, 0.25) is 0 Å². The van der Waals surface area contributed by atoms with Gasteiger partial charge < -0.3 is 14.6 Å². The maximum Gasteiger partial charge on any atom is 0.129 e. The Labute approximate surface area is 99.8 Å². The third kappa shape index (κ3) is 6.23. The van der Waals surface area contributed by atoms with E-state index < -0.39 is 0 Å². The number of unbranched alkanes of at least 4 members (excludes halogenated alkanes) is 1. The first-order valence-corrected chi connectivity index (χ1v) is 6.59. The van der Waals surface area contributed by atoms with Crippen LogP contribution in [-0.4, -0.2) is 55.4 Å². The van der Waals surface area contributed by atoms with Crippen molar-refractivity contribution in [1.29, 1.82) is 0 Å². The number of ketones is 1. The van der Waals surface area contributed by atoms with E-state index >= 15 is 0 Å². The molecule has 0 atom stereocenters. The van der Waals surface area contributed by atoms with Crippen molar-refractivity contribution in [1.82, 2.24) is 9.80 Å². The first-order valence-electron chi connectivity index (χ1n) is 6.59. The molecule has 0 aromatic carbocycles. The number of carbonyl (C=O) groups excluding carboxylic acids is 1. The zero-order valence-electron chi connectivity index (χ0n) is 10.9. The van der Waals surface area contributed by atoms with E-state index in [1.165, 1.54) is 39.0 Å². The molecule has 3 heteroatoms. The normalized spacial score (nSPS) is 17.2. The number of hydrogen-bond acceptors (Lipinski definition) is 3. The summed E-state index contributed by atoms with van der Waals surface area (Å²) in [5.41, 5.74) is 0. The lowest BCUT2D eigenvalue weighted by Gasteiger charge is -2.21. The molecule has 0 aliphatic carbocycles. The van der Waals surface area contributed by atoms with Crippen LogP contribution in [-0.2, 0) is 4.79 Å². The number of likely N-dealkylation sites (N-methyl/N-ethyl adjacent to an activating group) is 1. The van der Waals surface area contributed by atoms with Crippen molar-refractivity contribution in [2.24, 2.45) is 0 Å². The molecule has 0 unspecified atom stereocenters. The summed E-state index contributed by atoms with van der Waals surface area (Å²) in [6, 6.07) is 0. The van der Waals surface area contributed by atoms with Gasteiger partial charge in [0.2, 0.25) is 0 Å². The van der Waals surface area contributed by atoms with Crippen LogP contribution in [0.15, 0.2) is 0 Å². The highest BCUT2D eigenvalue weighted by molar-refractivity contribution is 5.75. The van der Waals surface area contributed by atoms with Gasteiger partial charge in [0.15, 0.2) is 0 Å². The first kappa shape index (κ1) is 13.7. The molecule has 1 fully saturated rings. The summed E-state index contributed by atoms with van der Waals surface area (Å²) >= 11 is 0. The number of hydrogen-bond donors (Lipinski definition) is 0. The van der Waals surface area contributed by atoms with Crippen molar-refractivity contribution in [2.45, 2.75) is 39.0 Å². The lowest BCUT2D eigenvalue weighted by Crippen LogP contribution is -2.32. The van der Waals surface area contributed by atoms with Crippen molar-refractivity contribution < 1.29 is 4.79 Å². The summed E-state index contributed by atoms with van der Waals surface area (Å²) in [5, 5.41) is 0. The Hall–Kier alpha value is -0.410. The van der Waals surface area contributed by atoms with Crippen LogP contribution in [0.1, 0.15) is 39.0 Å². The predicted molar refractivity (Wildman–Crippen MR) is 67.7 cm³/mol. The zero-order chi connectivity index (χ0) is 11.8. The Morgan fingerprint density at radius 2 is 1.88 bits per heavy atom. The van der Waals surface area contributed by atoms with E-state index in [9.17, 15) is 4.79 Å². The second-order valence-electron chi connectivity index (χ2n) is 5.01. The van der Waals surface area contributed by atoms with E-state index in [4.69, 9.17) is 0 Å². The van der Waals surface area contributed by atoms with Crippen LogP contribution in [0.25, 0.3) is 0 Å². The van der Waals surface area contributed by atoms with E-state index in [0.29, 0.717) is 5.78 Å². The molecule has 0 amide bonds. The van der Waals surface area contributed by atoms with Crippen molar-refractivity contribution in [2.75, 3.05) is 39.8 Å². The maximum atomic E-state index is 10.8. The molecule has 94 valence electrons. The van der Waals surface area contributed by atoms with E-state index in [0.717, 1.165) is 25.8 Å². The zero-order valence-corrected chi connectivity index (χ0v) is 10.9. The van der Waals surface area contributed by atoms with Crippen LogP contribution in [0.4, 0.5) is 0 Å². The second kappa shape index (κ2) is 7.80. The highest BCUT2D eigenvalue weighted by atomic mass is 16.1. The van der Waals surface area contributed by atoms with Gasteiger partial charge in [-0.2, -0.15) is 0 Å². The summed E-state index contributed by atoms with van der Waals surface area (Å²) in [4.78, 5) is 15.7. The van der Waals surface area contributed by atoms with Gasteiger partial charge >= 0.3 is 0 Å². The second-order valence-corrected chi connectivity index (χ2v) is 5.01. The molecule has 1 aliphatic heterocycles. The lowest BCUT2D eigenvalue weighted by molar-refractivity contribution is -0.117. The molecule has 1 saturated heterocycles. The van der Waals surface area contributed by atoms with Gasteiger partial charge in [-0.3, -0.25) is 0 Å². The van der Waals surface area contributed by atoms with Gasteiger partial charge in [-0.1, -0.05) is 0 Å². The van der Waals surface area contributed by atoms with Gasteiger partial charge in [-0.15, -0.1) is 0 Å². The standard InChI is InChI=1S/C13H26N2O/c1-13(16)7-3-4-8-14(2)11-12-15-9-5-6-10-15/h3-12H2,1-2H3. The topological polar surface area (TPSA) is 23.6 Å². The molecule has 0 aromatic rings. The van der Waals surface area contributed by atoms with Crippen molar-refractivity contribution in [3.8, 4) is 0 Å². The molecule has 0 bridgehead atoms. The van der Waals surface area contributed by atoms with Crippen molar-refractivity contribution in [3.05, 3.63) is 0 Å². The molecule has 0 saturated carbocycles. The molecule has 1 aliphatic rings. The predicted octanol–water partition coefficient (Wildman–Crippen LogP) is 1.77. The number of carbonyl (C=O) groups is 1. The first-order chi connectivity index (χ1) is 7.68. The van der Waals surface area contributed by atoms with Crippen LogP contribution in [0.5, 0.6) is 0 Å². The number of Topliss-reactive ketones (excluding diaryl/α,β-unsaturated/α-hetero) is 1. The number of rotatable bonds is 8. The quantitative estimate of drug-likeness (QED) is 0.589. The molecule has 0 radical (unpaired) electrons. The van der Waals surface area contributed by atoms with E-state index in [1.807, 2.05) is 0 Å². The molecule has 0 aromatic heterocycles. The monoisotopic (exact) mass is 226 g/mol. The molecule has 1 rings (SSSR count). The Kier molecular flexibility index (Phi) is 6.65. The average molecular weight is 226 g/mol. The van der Waals surface area contributed by atoms with Gasteiger partial charge in [0.25, 0.3) is 0 Å². The molecular formula is C13H26N2O. The van der Waals surface area contributed by atoms with Gasteiger partial charge in [-0.25, -0.2) is 0 Å². The summed E-state index contributed by atoms with van der Waals surface area (Å²) in [7, 11) is 2.18. The molecule has 0 N–H and O–H groups in total. The average Bonchev–Trinajstić information content (AvgIpc) is 2.74. The minimum atomic E-state index is 0.319. The molecule has 16 heavy (non-hydrogen) atoms. The Morgan fingerprint density at radius 1 is 1.19 bits per heavy atom. The lowest BCUT2D eigenvalue weighted by atomic mass is 10.2. The van der Waals surface area contributed by atoms with E-state index in [1.54, 1.807) is 6.92 Å². The third-order valence-corrected chi connectivity index (χ3v) is 3.32. The summed E-state index contributed by atoms with van der Waals surface area (Å²) in [6.45, 7) is 7.76. The van der Waals surface area contributed by atoms with Gasteiger partial charge in [-0.05, 0) is 59.3 Å². The third-order valence-electron chi connectivity index (χ3n) is 3.32. The van der Waals surface area contributed by atoms with Crippen LogP contribution < -0.4 is 0 Å². The van der Waals surface area contributed by atoms with Crippen molar-refractivity contribution in [3.63, 3.8) is 0 Å². The summed E-state index contributed by atoms with van der Waals surface area (Å²) < 4.78 is 0. The van der Waals surface area contributed by atoms with Crippen molar-refractivity contribution >= 4 is 5.78 Å². The van der Waals surface area contributed by atoms with Gasteiger partial charge in [0, 0.05) is 19.5 Å². The SMILES string of the molecule is CC(=O)CCCCN(C)CCN1CCCC1. The summed E-state index contributed by atoms with van der Waals surface area (Å²) in [6.07, 6.45) is 5.70. The Morgan fingerprint density at radius 3 is 2.50 bits per heavy atom. The Bertz CT molecular complexity index is 200. The van der Waals surface area contributed by atoms with E-state index in [-0.39, 0.29) is 0 Å². The fraction of sp³-hybridized carbons (Fsp3) is 0.923. The highest BCUT2D eigenvalue weighted by Gasteiger charge is 2.11. The minimum Gasteiger partial charge on any atom is -0.305 e. The minimum absolute atomic E-state index is 0.319. The highest BCUT2D eigenvalue weighted by Crippen LogP contribution is 2.06. The summed E-state index contributed by atoms with van der Waals surface area (Å²) in [5.74, 6) is 0.319. The smallest absolute Gasteiger partial charge is 0.129 e. The fourth-order valence-electron chi connectivity index (χ4n) is 2.19. The fourth-order valence-corrected chi connectivity index (χ4v) is 2.19. The molecule has 0 spiro atoms. The van der Waals surface area contributed by atoms with Gasteiger partial charge in [0.05, 0.1) is 0 Å². The van der Waals surface area contributed by atoms with Gasteiger partial charge in [0.1, 0.15) is 5.78 Å². The van der Waals surface area contributed by atoms with Crippen LogP contribution in [0.3, 0.4) is 0 Å². The molecule has 1 heterocycles. The van der Waals surface area contributed by atoms with Crippen LogP contribution in [0, 0.1) is 0 Å². The van der Waals surface area contributed by atoms with Crippen LogP contribution >= 0.6 is 0 Å². The number of likely N-dealkylation sites (tertiary alicyclic amines) is 1. The molecule has 3 nitrogen and oxygen atoms in total. The molecular weight excluding hydrogens is 200 g/mol. The van der Waals surface area contributed by atoms with E-state index in [2.05, 4.69) is 16.8 Å². The Balaban J connectivity index is 1.93. The maximum absolute atomic E-state index is 10.8.